The van der Waals surface area contributed by atoms with Gasteiger partial charge in [-0.2, -0.15) is 0 Å². The maximum Gasteiger partial charge on any atom is 0.228 e. The first-order chi connectivity index (χ1) is 8.56. The fraction of sp³-hybridized carbons (Fsp3) is 0.571. The van der Waals surface area contributed by atoms with Crippen molar-refractivity contribution in [2.45, 2.75) is 39.5 Å². The molecular formula is C14H19BrN2O. The van der Waals surface area contributed by atoms with Gasteiger partial charge in [-0.25, -0.2) is 4.98 Å². The van der Waals surface area contributed by atoms with Crippen molar-refractivity contribution >= 4 is 27.7 Å². The number of anilines is 1. The molecule has 1 fully saturated rings. The van der Waals surface area contributed by atoms with E-state index >= 15 is 0 Å². The molecule has 0 aromatic carbocycles. The van der Waals surface area contributed by atoms with Crippen LogP contribution in [0.15, 0.2) is 16.6 Å². The third kappa shape index (κ3) is 3.31. The molecule has 0 atom stereocenters. The lowest BCUT2D eigenvalue weighted by molar-refractivity contribution is -0.121. The summed E-state index contributed by atoms with van der Waals surface area (Å²) < 4.78 is 0.965. The van der Waals surface area contributed by atoms with Gasteiger partial charge in [-0.1, -0.05) is 6.92 Å². The number of halogens is 1. The Labute approximate surface area is 117 Å². The summed E-state index contributed by atoms with van der Waals surface area (Å²) in [6.07, 6.45) is 4.32. The van der Waals surface area contributed by atoms with E-state index in [4.69, 9.17) is 0 Å². The largest absolute Gasteiger partial charge is 0.310 e. The van der Waals surface area contributed by atoms with E-state index < -0.39 is 0 Å². The number of hydrogen-bond acceptors (Lipinski definition) is 2. The zero-order valence-electron chi connectivity index (χ0n) is 10.9. The summed E-state index contributed by atoms with van der Waals surface area (Å²) in [4.78, 5) is 16.5. The Morgan fingerprint density at radius 3 is 2.61 bits per heavy atom. The number of pyridine rings is 1. The third-order valence-electron chi connectivity index (χ3n) is 3.66. The van der Waals surface area contributed by atoms with Crippen LogP contribution in [0.1, 0.15) is 38.3 Å². The Morgan fingerprint density at radius 1 is 1.33 bits per heavy atom. The number of aromatic nitrogens is 1. The lowest BCUT2D eigenvalue weighted by atomic mass is 9.82. The average Bonchev–Trinajstić information content (AvgIpc) is 2.34. The van der Waals surface area contributed by atoms with Crippen molar-refractivity contribution in [2.75, 3.05) is 5.32 Å². The van der Waals surface area contributed by atoms with Gasteiger partial charge >= 0.3 is 0 Å². The highest BCUT2D eigenvalue weighted by molar-refractivity contribution is 9.10. The van der Waals surface area contributed by atoms with Gasteiger partial charge < -0.3 is 5.32 Å². The predicted molar refractivity (Wildman–Crippen MR) is 76.4 cm³/mol. The SMILES string of the molecule is Cc1nc(NC(=O)C2CCC(C)CC2)ccc1Br. The van der Waals surface area contributed by atoms with E-state index in [1.165, 1.54) is 0 Å². The summed E-state index contributed by atoms with van der Waals surface area (Å²) in [7, 11) is 0. The number of aryl methyl sites for hydroxylation is 1. The molecule has 1 amide bonds. The standard InChI is InChI=1S/C14H19BrN2O/c1-9-3-5-11(6-4-9)14(18)17-13-8-7-12(15)10(2)16-13/h7-9,11H,3-6H2,1-2H3,(H,16,17,18). The minimum Gasteiger partial charge on any atom is -0.310 e. The molecule has 1 saturated carbocycles. The molecule has 1 aliphatic rings. The van der Waals surface area contributed by atoms with Crippen molar-refractivity contribution < 1.29 is 4.79 Å². The fourth-order valence-corrected chi connectivity index (χ4v) is 2.59. The van der Waals surface area contributed by atoms with Crippen LogP contribution in [0, 0.1) is 18.8 Å². The van der Waals surface area contributed by atoms with E-state index in [1.54, 1.807) is 0 Å². The first-order valence-corrected chi connectivity index (χ1v) is 7.29. The Morgan fingerprint density at radius 2 is 2.00 bits per heavy atom. The van der Waals surface area contributed by atoms with Gasteiger partial charge in [-0.15, -0.1) is 0 Å². The molecule has 1 aliphatic carbocycles. The van der Waals surface area contributed by atoms with E-state index in [0.29, 0.717) is 5.82 Å². The van der Waals surface area contributed by atoms with Gasteiger partial charge in [0.25, 0.3) is 0 Å². The number of rotatable bonds is 2. The molecule has 1 aromatic heterocycles. The number of carbonyl (C=O) groups is 1. The first kappa shape index (κ1) is 13.5. The predicted octanol–water partition coefficient (Wildman–Crippen LogP) is 3.92. The second kappa shape index (κ2) is 5.83. The lowest BCUT2D eigenvalue weighted by Gasteiger charge is -2.25. The zero-order valence-corrected chi connectivity index (χ0v) is 12.5. The molecule has 1 aromatic rings. The van der Waals surface area contributed by atoms with Gasteiger partial charge in [0, 0.05) is 10.4 Å². The van der Waals surface area contributed by atoms with Gasteiger partial charge in [0.1, 0.15) is 5.82 Å². The number of amides is 1. The maximum atomic E-state index is 12.1. The average molecular weight is 311 g/mol. The monoisotopic (exact) mass is 310 g/mol. The van der Waals surface area contributed by atoms with Crippen LogP contribution in [0.3, 0.4) is 0 Å². The van der Waals surface area contributed by atoms with Gasteiger partial charge in [0.2, 0.25) is 5.91 Å². The molecule has 18 heavy (non-hydrogen) atoms. The van der Waals surface area contributed by atoms with Crippen molar-refractivity contribution in [3.05, 3.63) is 22.3 Å². The highest BCUT2D eigenvalue weighted by Crippen LogP contribution is 2.29. The van der Waals surface area contributed by atoms with E-state index in [1.807, 2.05) is 19.1 Å². The van der Waals surface area contributed by atoms with Gasteiger partial charge in [0.05, 0.1) is 5.69 Å². The molecule has 4 heteroatoms. The second-order valence-electron chi connectivity index (χ2n) is 5.21. The highest BCUT2D eigenvalue weighted by Gasteiger charge is 2.24. The third-order valence-corrected chi connectivity index (χ3v) is 4.50. The molecule has 1 N–H and O–H groups in total. The Balaban J connectivity index is 1.96. The summed E-state index contributed by atoms with van der Waals surface area (Å²) in [5, 5.41) is 2.92. The van der Waals surface area contributed by atoms with E-state index in [9.17, 15) is 4.79 Å². The summed E-state index contributed by atoms with van der Waals surface area (Å²) in [6.45, 7) is 4.18. The van der Waals surface area contributed by atoms with Crippen LogP contribution >= 0.6 is 15.9 Å². The maximum absolute atomic E-state index is 12.1. The molecule has 0 aliphatic heterocycles. The number of nitrogens with one attached hydrogen (secondary N) is 1. The number of carbonyl (C=O) groups excluding carboxylic acids is 1. The topological polar surface area (TPSA) is 42.0 Å². The van der Waals surface area contributed by atoms with Gasteiger partial charge in [-0.3, -0.25) is 4.79 Å². The van der Waals surface area contributed by atoms with Gasteiger partial charge in [-0.05, 0) is 66.6 Å². The fourth-order valence-electron chi connectivity index (χ4n) is 2.36. The highest BCUT2D eigenvalue weighted by atomic mass is 79.9. The van der Waals surface area contributed by atoms with Crippen LogP contribution in [0.2, 0.25) is 0 Å². The van der Waals surface area contributed by atoms with Crippen molar-refractivity contribution in [1.29, 1.82) is 0 Å². The smallest absolute Gasteiger partial charge is 0.228 e. The molecule has 0 radical (unpaired) electrons. The summed E-state index contributed by atoms with van der Waals surface area (Å²) in [6, 6.07) is 3.75. The molecule has 0 bridgehead atoms. The van der Waals surface area contributed by atoms with Gasteiger partial charge in [0.15, 0.2) is 0 Å². The van der Waals surface area contributed by atoms with Crippen LogP contribution in [0.25, 0.3) is 0 Å². The molecule has 0 saturated heterocycles. The molecule has 1 heterocycles. The van der Waals surface area contributed by atoms with E-state index in [2.05, 4.69) is 33.2 Å². The van der Waals surface area contributed by atoms with Crippen molar-refractivity contribution in [1.82, 2.24) is 4.98 Å². The number of hydrogen-bond donors (Lipinski definition) is 1. The second-order valence-corrected chi connectivity index (χ2v) is 6.06. The Hall–Kier alpha value is -0.900. The van der Waals surface area contributed by atoms with Crippen LogP contribution in [-0.4, -0.2) is 10.9 Å². The molecule has 0 unspecified atom stereocenters. The quantitative estimate of drug-likeness (QED) is 0.899. The summed E-state index contributed by atoms with van der Waals surface area (Å²) in [5.74, 6) is 1.70. The molecular weight excluding hydrogens is 292 g/mol. The van der Waals surface area contributed by atoms with Crippen molar-refractivity contribution in [3.63, 3.8) is 0 Å². The molecule has 0 spiro atoms. The minimum atomic E-state index is 0.121. The Kier molecular flexibility index (Phi) is 4.38. The molecule has 2 rings (SSSR count). The van der Waals surface area contributed by atoms with Crippen LogP contribution in [0.5, 0.6) is 0 Å². The first-order valence-electron chi connectivity index (χ1n) is 6.50. The molecule has 3 nitrogen and oxygen atoms in total. The normalized spacial score (nSPS) is 23.7. The van der Waals surface area contributed by atoms with E-state index in [0.717, 1.165) is 41.8 Å². The van der Waals surface area contributed by atoms with Crippen molar-refractivity contribution in [2.24, 2.45) is 11.8 Å². The van der Waals surface area contributed by atoms with Crippen LogP contribution in [0.4, 0.5) is 5.82 Å². The van der Waals surface area contributed by atoms with Crippen LogP contribution < -0.4 is 5.32 Å². The van der Waals surface area contributed by atoms with Crippen LogP contribution in [-0.2, 0) is 4.79 Å². The minimum absolute atomic E-state index is 0.121. The zero-order chi connectivity index (χ0) is 13.1. The lowest BCUT2D eigenvalue weighted by Crippen LogP contribution is -2.27. The summed E-state index contributed by atoms with van der Waals surface area (Å²) in [5.41, 5.74) is 0.894. The Bertz CT molecular complexity index is 439. The molecule has 98 valence electrons. The van der Waals surface area contributed by atoms with Crippen molar-refractivity contribution in [3.8, 4) is 0 Å². The van der Waals surface area contributed by atoms with E-state index in [-0.39, 0.29) is 11.8 Å². The number of nitrogens with zero attached hydrogens (tertiary/aromatic N) is 1. The summed E-state index contributed by atoms with van der Waals surface area (Å²) >= 11 is 3.40.